The van der Waals surface area contributed by atoms with Gasteiger partial charge in [-0.15, -0.1) is 12.4 Å². The normalized spacial score (nSPS) is 20.7. The lowest BCUT2D eigenvalue weighted by molar-refractivity contribution is -0.120. The Morgan fingerprint density at radius 3 is 2.68 bits per heavy atom. The average Bonchev–Trinajstić information content (AvgIpc) is 2.46. The molecule has 2 rings (SSSR count). The van der Waals surface area contributed by atoms with Crippen LogP contribution in [0.2, 0.25) is 0 Å². The Balaban J connectivity index is 0.00000242. The molecule has 0 aliphatic carbocycles. The van der Waals surface area contributed by atoms with Gasteiger partial charge in [-0.25, -0.2) is 4.79 Å². The van der Waals surface area contributed by atoms with E-state index in [1.54, 1.807) is 18.2 Å². The van der Waals surface area contributed by atoms with Crippen molar-refractivity contribution in [1.29, 1.82) is 0 Å². The maximum Gasteiger partial charge on any atom is 0.338 e. The molecule has 22 heavy (non-hydrogen) atoms. The SMILES string of the molecule is COC(=O)c1ccc(NC(=O)[C@H]2CCN[C@@H](C)C2)cc1C.Cl. The number of aryl methyl sites for hydroxylation is 1. The van der Waals surface area contributed by atoms with Crippen LogP contribution in [0.4, 0.5) is 5.69 Å². The zero-order valence-corrected chi connectivity index (χ0v) is 14.0. The molecule has 0 unspecified atom stereocenters. The van der Waals surface area contributed by atoms with Crippen LogP contribution in [0.15, 0.2) is 18.2 Å². The largest absolute Gasteiger partial charge is 0.465 e. The van der Waals surface area contributed by atoms with Crippen molar-refractivity contribution < 1.29 is 14.3 Å². The summed E-state index contributed by atoms with van der Waals surface area (Å²) in [6.07, 6.45) is 1.71. The molecule has 0 spiro atoms. The smallest absolute Gasteiger partial charge is 0.338 e. The van der Waals surface area contributed by atoms with Crippen molar-refractivity contribution >= 4 is 30.0 Å². The molecule has 0 bridgehead atoms. The summed E-state index contributed by atoms with van der Waals surface area (Å²) in [5, 5.41) is 6.27. The maximum absolute atomic E-state index is 12.3. The van der Waals surface area contributed by atoms with E-state index in [9.17, 15) is 9.59 Å². The van der Waals surface area contributed by atoms with Crippen LogP contribution in [-0.4, -0.2) is 31.6 Å². The second-order valence-corrected chi connectivity index (χ2v) is 5.59. The fraction of sp³-hybridized carbons (Fsp3) is 0.500. The lowest BCUT2D eigenvalue weighted by Crippen LogP contribution is -2.40. The number of nitrogens with one attached hydrogen (secondary N) is 2. The molecule has 1 heterocycles. The van der Waals surface area contributed by atoms with Gasteiger partial charge in [-0.2, -0.15) is 0 Å². The molecule has 0 radical (unpaired) electrons. The summed E-state index contributed by atoms with van der Waals surface area (Å²) in [5.41, 5.74) is 2.03. The van der Waals surface area contributed by atoms with E-state index in [0.717, 1.165) is 30.6 Å². The quantitative estimate of drug-likeness (QED) is 0.838. The van der Waals surface area contributed by atoms with Crippen LogP contribution in [0.5, 0.6) is 0 Å². The summed E-state index contributed by atoms with van der Waals surface area (Å²) in [7, 11) is 1.36. The molecule has 6 heteroatoms. The molecule has 1 amide bonds. The number of carbonyl (C=O) groups excluding carboxylic acids is 2. The van der Waals surface area contributed by atoms with E-state index in [0.29, 0.717) is 11.6 Å². The summed E-state index contributed by atoms with van der Waals surface area (Å²) in [5.74, 6) is -0.270. The van der Waals surface area contributed by atoms with Crippen LogP contribution in [0.25, 0.3) is 0 Å². The van der Waals surface area contributed by atoms with Gasteiger partial charge in [0.15, 0.2) is 0 Å². The van der Waals surface area contributed by atoms with E-state index in [2.05, 4.69) is 17.6 Å². The Labute approximate surface area is 137 Å². The molecular weight excluding hydrogens is 304 g/mol. The molecule has 122 valence electrons. The maximum atomic E-state index is 12.3. The molecule has 0 aromatic heterocycles. The first-order valence-electron chi connectivity index (χ1n) is 7.24. The minimum absolute atomic E-state index is 0. The highest BCUT2D eigenvalue weighted by Gasteiger charge is 2.24. The van der Waals surface area contributed by atoms with Crippen LogP contribution >= 0.6 is 12.4 Å². The molecule has 1 aromatic carbocycles. The minimum Gasteiger partial charge on any atom is -0.465 e. The Bertz CT molecular complexity index is 548. The first-order valence-corrected chi connectivity index (χ1v) is 7.24. The van der Waals surface area contributed by atoms with Gasteiger partial charge in [-0.05, 0) is 57.0 Å². The molecule has 1 saturated heterocycles. The number of esters is 1. The van der Waals surface area contributed by atoms with Crippen LogP contribution in [0, 0.1) is 12.8 Å². The molecule has 1 aliphatic heterocycles. The van der Waals surface area contributed by atoms with Crippen molar-refractivity contribution in [3.05, 3.63) is 29.3 Å². The lowest BCUT2D eigenvalue weighted by atomic mass is 9.92. The number of methoxy groups -OCH3 is 1. The van der Waals surface area contributed by atoms with E-state index in [1.165, 1.54) is 7.11 Å². The molecule has 0 saturated carbocycles. The van der Waals surface area contributed by atoms with Gasteiger partial charge in [0.05, 0.1) is 12.7 Å². The lowest BCUT2D eigenvalue weighted by Gasteiger charge is -2.27. The van der Waals surface area contributed by atoms with Gasteiger partial charge in [0.25, 0.3) is 0 Å². The van der Waals surface area contributed by atoms with Gasteiger partial charge in [-0.1, -0.05) is 0 Å². The molecule has 2 atom stereocenters. The number of carbonyl (C=O) groups is 2. The van der Waals surface area contributed by atoms with Gasteiger partial charge >= 0.3 is 5.97 Å². The van der Waals surface area contributed by atoms with E-state index >= 15 is 0 Å². The molecule has 5 nitrogen and oxygen atoms in total. The number of anilines is 1. The Morgan fingerprint density at radius 1 is 1.36 bits per heavy atom. The van der Waals surface area contributed by atoms with Crippen molar-refractivity contribution in [2.75, 3.05) is 19.0 Å². The van der Waals surface area contributed by atoms with Gasteiger partial charge in [0.1, 0.15) is 0 Å². The van der Waals surface area contributed by atoms with E-state index in [-0.39, 0.29) is 30.2 Å². The fourth-order valence-electron chi connectivity index (χ4n) is 2.69. The van der Waals surface area contributed by atoms with Gasteiger partial charge < -0.3 is 15.4 Å². The zero-order chi connectivity index (χ0) is 15.4. The number of rotatable bonds is 3. The van der Waals surface area contributed by atoms with Crippen molar-refractivity contribution in [1.82, 2.24) is 5.32 Å². The Kier molecular flexibility index (Phi) is 6.84. The monoisotopic (exact) mass is 326 g/mol. The summed E-state index contributed by atoms with van der Waals surface area (Å²) in [6.45, 7) is 4.79. The highest BCUT2D eigenvalue weighted by molar-refractivity contribution is 5.95. The molecule has 1 aliphatic rings. The summed E-state index contributed by atoms with van der Waals surface area (Å²) in [4.78, 5) is 23.8. The number of ether oxygens (including phenoxy) is 1. The standard InChI is InChI=1S/C16H22N2O3.ClH/c1-10-8-13(4-5-14(10)16(20)21-3)18-15(19)12-6-7-17-11(2)9-12;/h4-5,8,11-12,17H,6-7,9H2,1-3H3,(H,18,19);1H/t11-,12-;/m0./s1. The van der Waals surface area contributed by atoms with Crippen LogP contribution in [0.3, 0.4) is 0 Å². The van der Waals surface area contributed by atoms with E-state index < -0.39 is 0 Å². The topological polar surface area (TPSA) is 67.4 Å². The summed E-state index contributed by atoms with van der Waals surface area (Å²) >= 11 is 0. The van der Waals surface area contributed by atoms with Gasteiger partial charge in [0, 0.05) is 17.6 Å². The molecular formula is C16H23ClN2O3. The number of benzene rings is 1. The van der Waals surface area contributed by atoms with Crippen molar-refractivity contribution in [2.24, 2.45) is 5.92 Å². The van der Waals surface area contributed by atoms with Gasteiger partial charge in [0.2, 0.25) is 5.91 Å². The third-order valence-corrected chi connectivity index (χ3v) is 3.89. The fourth-order valence-corrected chi connectivity index (χ4v) is 2.69. The molecule has 2 N–H and O–H groups in total. The van der Waals surface area contributed by atoms with Crippen LogP contribution < -0.4 is 10.6 Å². The highest BCUT2D eigenvalue weighted by atomic mass is 35.5. The van der Waals surface area contributed by atoms with Crippen molar-refractivity contribution in [3.63, 3.8) is 0 Å². The number of piperidine rings is 1. The summed E-state index contributed by atoms with van der Waals surface area (Å²) < 4.78 is 4.71. The molecule has 1 aromatic rings. The first-order chi connectivity index (χ1) is 10.0. The Hall–Kier alpha value is -1.59. The molecule has 1 fully saturated rings. The average molecular weight is 327 g/mol. The third-order valence-electron chi connectivity index (χ3n) is 3.89. The second kappa shape index (κ2) is 8.15. The first kappa shape index (κ1) is 18.5. The van der Waals surface area contributed by atoms with Crippen LogP contribution in [0.1, 0.15) is 35.7 Å². The number of hydrogen-bond acceptors (Lipinski definition) is 4. The number of amides is 1. The Morgan fingerprint density at radius 2 is 2.09 bits per heavy atom. The zero-order valence-electron chi connectivity index (χ0n) is 13.1. The van der Waals surface area contributed by atoms with Crippen LogP contribution in [-0.2, 0) is 9.53 Å². The van der Waals surface area contributed by atoms with Crippen molar-refractivity contribution in [2.45, 2.75) is 32.7 Å². The number of hydrogen-bond donors (Lipinski definition) is 2. The van der Waals surface area contributed by atoms with E-state index in [1.807, 2.05) is 6.92 Å². The second-order valence-electron chi connectivity index (χ2n) is 5.59. The minimum atomic E-state index is -0.363. The predicted octanol–water partition coefficient (Wildman–Crippen LogP) is 2.53. The van der Waals surface area contributed by atoms with E-state index in [4.69, 9.17) is 4.74 Å². The predicted molar refractivity (Wildman–Crippen MR) is 88.6 cm³/mol. The van der Waals surface area contributed by atoms with Crippen molar-refractivity contribution in [3.8, 4) is 0 Å². The highest BCUT2D eigenvalue weighted by Crippen LogP contribution is 2.20. The third kappa shape index (κ3) is 4.45. The summed E-state index contributed by atoms with van der Waals surface area (Å²) in [6, 6.07) is 5.59. The number of halogens is 1. The van der Waals surface area contributed by atoms with Gasteiger partial charge in [-0.3, -0.25) is 4.79 Å².